The summed E-state index contributed by atoms with van der Waals surface area (Å²) in [6.45, 7) is 0.218. The Morgan fingerprint density at radius 1 is 0.767 bits per heavy atom. The Kier molecular flexibility index (Phi) is 4.66. The van der Waals surface area contributed by atoms with Crippen molar-refractivity contribution < 1.29 is 9.53 Å². The third-order valence-electron chi connectivity index (χ3n) is 5.08. The molecule has 0 amide bonds. The Balaban J connectivity index is 1.55. The van der Waals surface area contributed by atoms with Crippen LogP contribution in [0.15, 0.2) is 97.2 Å². The zero-order valence-corrected chi connectivity index (χ0v) is 16.2. The normalized spacial score (nSPS) is 10.9. The molecule has 0 fully saturated rings. The molecule has 5 rings (SSSR count). The first kappa shape index (κ1) is 18.0. The summed E-state index contributed by atoms with van der Waals surface area (Å²) in [5.74, 6) is -0.435. The maximum atomic E-state index is 12.6. The Labute approximate surface area is 173 Å². The van der Waals surface area contributed by atoms with Gasteiger partial charge in [-0.2, -0.15) is 0 Å². The molecule has 4 heteroatoms. The molecule has 0 atom stereocenters. The highest BCUT2D eigenvalue weighted by Crippen LogP contribution is 2.32. The van der Waals surface area contributed by atoms with Crippen molar-refractivity contribution >= 4 is 27.8 Å². The second-order valence-electron chi connectivity index (χ2n) is 7.01. The molecule has 0 aliphatic rings. The first-order valence-electron chi connectivity index (χ1n) is 9.74. The van der Waals surface area contributed by atoms with E-state index < -0.39 is 5.97 Å². The molecular formula is C26H18N2O2. The number of para-hydroxylation sites is 1. The zero-order chi connectivity index (χ0) is 20.3. The average molecular weight is 390 g/mol. The summed E-state index contributed by atoms with van der Waals surface area (Å²) in [6.07, 6.45) is 1.79. The molecule has 0 saturated carbocycles. The van der Waals surface area contributed by atoms with E-state index in [1.807, 2.05) is 72.8 Å². The van der Waals surface area contributed by atoms with Gasteiger partial charge in [-0.15, -0.1) is 0 Å². The minimum absolute atomic E-state index is 0.218. The summed E-state index contributed by atoms with van der Waals surface area (Å²) in [5, 5.41) is 2.01. The van der Waals surface area contributed by atoms with E-state index in [0.29, 0.717) is 5.69 Å². The van der Waals surface area contributed by atoms with Crippen LogP contribution in [0.4, 0.5) is 0 Å². The van der Waals surface area contributed by atoms with E-state index >= 15 is 0 Å². The van der Waals surface area contributed by atoms with E-state index in [1.165, 1.54) is 0 Å². The van der Waals surface area contributed by atoms with E-state index in [1.54, 1.807) is 12.3 Å². The van der Waals surface area contributed by atoms with E-state index in [-0.39, 0.29) is 6.61 Å². The van der Waals surface area contributed by atoms with Crippen molar-refractivity contribution in [3.05, 3.63) is 108 Å². The summed E-state index contributed by atoms with van der Waals surface area (Å²) >= 11 is 0. The van der Waals surface area contributed by atoms with Crippen molar-refractivity contribution in [3.8, 4) is 11.1 Å². The highest BCUT2D eigenvalue weighted by molar-refractivity contribution is 6.04. The van der Waals surface area contributed by atoms with Crippen molar-refractivity contribution in [2.24, 2.45) is 0 Å². The molecular weight excluding hydrogens is 372 g/mol. The maximum Gasteiger partial charge on any atom is 0.357 e. The van der Waals surface area contributed by atoms with Crippen molar-refractivity contribution in [3.63, 3.8) is 0 Å². The minimum Gasteiger partial charge on any atom is -0.456 e. The molecule has 0 bridgehead atoms. The van der Waals surface area contributed by atoms with Crippen molar-refractivity contribution in [1.29, 1.82) is 0 Å². The monoisotopic (exact) mass is 390 g/mol. The number of carbonyl (C=O) groups excluding carboxylic acids is 1. The second kappa shape index (κ2) is 7.76. The number of nitrogens with zero attached hydrogens (tertiary/aromatic N) is 2. The first-order chi connectivity index (χ1) is 14.8. The number of carbonyl (C=O) groups is 1. The number of esters is 1. The lowest BCUT2D eigenvalue weighted by Gasteiger charge is -2.10. The van der Waals surface area contributed by atoms with Gasteiger partial charge in [-0.3, -0.25) is 4.98 Å². The Hall–Kier alpha value is -4.05. The first-order valence-corrected chi connectivity index (χ1v) is 9.74. The lowest BCUT2D eigenvalue weighted by Crippen LogP contribution is -2.07. The van der Waals surface area contributed by atoms with Crippen LogP contribution in [-0.2, 0) is 11.3 Å². The molecule has 30 heavy (non-hydrogen) atoms. The standard InChI is InChI=1S/C26H18N2O2/c29-26(30-17-18-7-2-1-3-8-18)24-15-14-19-9-4-11-22(25(19)28-24)20-10-5-13-23-21(20)12-6-16-27-23/h1-16H,17H2. The summed E-state index contributed by atoms with van der Waals surface area (Å²) in [7, 11) is 0. The van der Waals surface area contributed by atoms with Crippen molar-refractivity contribution in [2.45, 2.75) is 6.61 Å². The molecule has 2 aromatic heterocycles. The number of pyridine rings is 2. The number of hydrogen-bond donors (Lipinski definition) is 0. The second-order valence-corrected chi connectivity index (χ2v) is 7.01. The molecule has 0 radical (unpaired) electrons. The number of benzene rings is 3. The highest BCUT2D eigenvalue weighted by atomic mass is 16.5. The fourth-order valence-electron chi connectivity index (χ4n) is 3.61. The summed E-state index contributed by atoms with van der Waals surface area (Å²) < 4.78 is 5.47. The van der Waals surface area contributed by atoms with Crippen LogP contribution in [0, 0.1) is 0 Å². The molecule has 5 aromatic rings. The zero-order valence-electron chi connectivity index (χ0n) is 16.2. The molecule has 0 spiro atoms. The van der Waals surface area contributed by atoms with Crippen LogP contribution in [0.2, 0.25) is 0 Å². The van der Waals surface area contributed by atoms with Crippen molar-refractivity contribution in [2.75, 3.05) is 0 Å². The van der Waals surface area contributed by atoms with Crippen LogP contribution in [0.5, 0.6) is 0 Å². The number of ether oxygens (including phenoxy) is 1. The molecule has 0 unspecified atom stereocenters. The third-order valence-corrected chi connectivity index (χ3v) is 5.08. The summed E-state index contributed by atoms with van der Waals surface area (Å²) in [6, 6.07) is 29.3. The SMILES string of the molecule is O=C(OCc1ccccc1)c1ccc2cccc(-c3cccc4ncccc34)c2n1. The van der Waals surface area contributed by atoms with Gasteiger partial charge in [0, 0.05) is 22.5 Å². The van der Waals surface area contributed by atoms with E-state index in [0.717, 1.165) is 38.5 Å². The molecule has 0 aliphatic heterocycles. The van der Waals surface area contributed by atoms with Crippen LogP contribution in [0.25, 0.3) is 32.9 Å². The molecule has 2 heterocycles. The molecule has 3 aromatic carbocycles. The molecule has 0 aliphatic carbocycles. The van der Waals surface area contributed by atoms with Gasteiger partial charge in [-0.1, -0.05) is 72.8 Å². The molecule has 4 nitrogen and oxygen atoms in total. The van der Waals surface area contributed by atoms with Gasteiger partial charge in [-0.25, -0.2) is 9.78 Å². The maximum absolute atomic E-state index is 12.6. The average Bonchev–Trinajstić information content (AvgIpc) is 2.82. The van der Waals surface area contributed by atoms with Gasteiger partial charge < -0.3 is 4.74 Å². The van der Waals surface area contributed by atoms with E-state index in [9.17, 15) is 4.79 Å². The fraction of sp³-hybridized carbons (Fsp3) is 0.0385. The van der Waals surface area contributed by atoms with Crippen LogP contribution >= 0.6 is 0 Å². The predicted octanol–water partition coefficient (Wildman–Crippen LogP) is 5.81. The third kappa shape index (κ3) is 3.40. The topological polar surface area (TPSA) is 52.1 Å². The predicted molar refractivity (Wildman–Crippen MR) is 118 cm³/mol. The number of hydrogen-bond acceptors (Lipinski definition) is 4. The quantitative estimate of drug-likeness (QED) is 0.364. The summed E-state index contributed by atoms with van der Waals surface area (Å²) in [5.41, 5.74) is 4.92. The van der Waals surface area contributed by atoms with E-state index in [4.69, 9.17) is 4.74 Å². The highest BCUT2D eigenvalue weighted by Gasteiger charge is 2.14. The van der Waals surface area contributed by atoms with Gasteiger partial charge in [0.15, 0.2) is 0 Å². The van der Waals surface area contributed by atoms with Gasteiger partial charge in [0.2, 0.25) is 0 Å². The smallest absolute Gasteiger partial charge is 0.357 e. The number of rotatable bonds is 4. The van der Waals surface area contributed by atoms with Gasteiger partial charge in [0.25, 0.3) is 0 Å². The van der Waals surface area contributed by atoms with E-state index in [2.05, 4.69) is 22.1 Å². The fourth-order valence-corrected chi connectivity index (χ4v) is 3.61. The van der Waals surface area contributed by atoms with Crippen LogP contribution in [0.1, 0.15) is 16.1 Å². The van der Waals surface area contributed by atoms with Crippen LogP contribution in [0.3, 0.4) is 0 Å². The van der Waals surface area contributed by atoms with Gasteiger partial charge >= 0.3 is 5.97 Å². The lowest BCUT2D eigenvalue weighted by molar-refractivity contribution is 0.0466. The number of fused-ring (bicyclic) bond motifs is 2. The Morgan fingerprint density at radius 2 is 1.60 bits per heavy atom. The summed E-state index contributed by atoms with van der Waals surface area (Å²) in [4.78, 5) is 21.8. The number of aromatic nitrogens is 2. The largest absolute Gasteiger partial charge is 0.456 e. The minimum atomic E-state index is -0.435. The van der Waals surface area contributed by atoms with Crippen LogP contribution < -0.4 is 0 Å². The Bertz CT molecular complexity index is 1360. The Morgan fingerprint density at radius 3 is 2.50 bits per heavy atom. The van der Waals surface area contributed by atoms with Gasteiger partial charge in [-0.05, 0) is 29.3 Å². The van der Waals surface area contributed by atoms with Crippen LogP contribution in [-0.4, -0.2) is 15.9 Å². The molecule has 144 valence electrons. The lowest BCUT2D eigenvalue weighted by atomic mass is 9.98. The van der Waals surface area contributed by atoms with Crippen molar-refractivity contribution in [1.82, 2.24) is 9.97 Å². The van der Waals surface area contributed by atoms with Gasteiger partial charge in [0.05, 0.1) is 11.0 Å². The van der Waals surface area contributed by atoms with Gasteiger partial charge in [0.1, 0.15) is 12.3 Å². The molecule has 0 N–H and O–H groups in total. The molecule has 0 saturated heterocycles.